The third kappa shape index (κ3) is 4.54. The fraction of sp³-hybridized carbons (Fsp3) is 0.824. The predicted octanol–water partition coefficient (Wildman–Crippen LogP) is 2.99. The van der Waals surface area contributed by atoms with Gasteiger partial charge in [-0.05, 0) is 43.9 Å². The maximum atomic E-state index is 10.5. The van der Waals surface area contributed by atoms with E-state index in [-0.39, 0.29) is 12.7 Å². The minimum atomic E-state index is -0.722. The van der Waals surface area contributed by atoms with Gasteiger partial charge in [-0.1, -0.05) is 12.2 Å². The van der Waals surface area contributed by atoms with Crippen LogP contribution in [0.1, 0.15) is 44.9 Å². The molecule has 0 aliphatic carbocycles. The summed E-state index contributed by atoms with van der Waals surface area (Å²) in [5.41, 5.74) is 0. The van der Waals surface area contributed by atoms with Crippen molar-refractivity contribution >= 4 is 5.97 Å². The molecule has 2 saturated heterocycles. The van der Waals surface area contributed by atoms with Crippen LogP contribution in [0.2, 0.25) is 0 Å². The second kappa shape index (κ2) is 8.65. The molecule has 22 heavy (non-hydrogen) atoms. The summed E-state index contributed by atoms with van der Waals surface area (Å²) in [5, 5.41) is 8.62. The average Bonchev–Trinajstić information content (AvgIpc) is 3.09. The Hall–Kier alpha value is -0.910. The van der Waals surface area contributed by atoms with E-state index in [1.165, 1.54) is 0 Å². The van der Waals surface area contributed by atoms with Gasteiger partial charge in [0.2, 0.25) is 0 Å². The summed E-state index contributed by atoms with van der Waals surface area (Å²) in [6.45, 7) is 0. The first-order valence-corrected chi connectivity index (χ1v) is 8.23. The van der Waals surface area contributed by atoms with Gasteiger partial charge in [0.15, 0.2) is 6.29 Å². The van der Waals surface area contributed by atoms with Crippen LogP contribution in [-0.2, 0) is 19.0 Å². The summed E-state index contributed by atoms with van der Waals surface area (Å²) in [4.78, 5) is 10.5. The number of carbonyl (C=O) groups is 1. The van der Waals surface area contributed by atoms with Crippen molar-refractivity contribution in [1.29, 1.82) is 0 Å². The van der Waals surface area contributed by atoms with Crippen molar-refractivity contribution in [2.24, 2.45) is 11.8 Å². The molecule has 0 aromatic carbocycles. The zero-order chi connectivity index (χ0) is 15.9. The van der Waals surface area contributed by atoms with Crippen molar-refractivity contribution in [3.63, 3.8) is 0 Å². The molecule has 2 aliphatic rings. The lowest BCUT2D eigenvalue weighted by atomic mass is 9.75. The highest BCUT2D eigenvalue weighted by Crippen LogP contribution is 2.47. The van der Waals surface area contributed by atoms with Gasteiger partial charge in [0.05, 0.1) is 12.2 Å². The van der Waals surface area contributed by atoms with E-state index in [0.29, 0.717) is 30.5 Å². The first-order chi connectivity index (χ1) is 10.7. The Bertz CT molecular complexity index is 377. The van der Waals surface area contributed by atoms with E-state index < -0.39 is 5.97 Å². The molecule has 5 nitrogen and oxygen atoms in total. The van der Waals surface area contributed by atoms with E-state index in [9.17, 15) is 4.79 Å². The lowest BCUT2D eigenvalue weighted by Crippen LogP contribution is -2.31. The molecule has 0 spiro atoms. The number of unbranched alkanes of at least 4 members (excludes halogenated alkanes) is 1. The summed E-state index contributed by atoms with van der Waals surface area (Å²) in [7, 11) is 3.36. The normalized spacial score (nSPS) is 30.7. The molecule has 2 heterocycles. The van der Waals surface area contributed by atoms with Crippen molar-refractivity contribution in [2.45, 2.75) is 63.4 Å². The number of rotatable bonds is 10. The number of hydrogen-bond acceptors (Lipinski definition) is 4. The highest BCUT2D eigenvalue weighted by Gasteiger charge is 2.48. The van der Waals surface area contributed by atoms with Crippen LogP contribution < -0.4 is 0 Å². The molecule has 0 radical (unpaired) electrons. The van der Waals surface area contributed by atoms with Crippen LogP contribution in [0.5, 0.6) is 0 Å². The van der Waals surface area contributed by atoms with Crippen molar-refractivity contribution < 1.29 is 24.1 Å². The molecule has 126 valence electrons. The number of fused-ring (bicyclic) bond motifs is 2. The smallest absolute Gasteiger partial charge is 0.303 e. The first-order valence-electron chi connectivity index (χ1n) is 8.23. The molecule has 0 unspecified atom stereocenters. The highest BCUT2D eigenvalue weighted by atomic mass is 16.7. The summed E-state index contributed by atoms with van der Waals surface area (Å²) in [6.07, 6.45) is 10.8. The largest absolute Gasteiger partial charge is 0.481 e. The Morgan fingerprint density at radius 1 is 1.23 bits per heavy atom. The zero-order valence-electron chi connectivity index (χ0n) is 13.6. The highest BCUT2D eigenvalue weighted by molar-refractivity contribution is 5.66. The summed E-state index contributed by atoms with van der Waals surface area (Å²) >= 11 is 0. The lowest BCUT2D eigenvalue weighted by Gasteiger charge is -2.29. The van der Waals surface area contributed by atoms with Crippen molar-refractivity contribution in [2.75, 3.05) is 14.2 Å². The number of allylic oxidation sites excluding steroid dienone is 2. The zero-order valence-corrected chi connectivity index (χ0v) is 13.6. The first kappa shape index (κ1) is 17.4. The van der Waals surface area contributed by atoms with Gasteiger partial charge in [-0.15, -0.1) is 0 Å². The molecule has 2 bridgehead atoms. The van der Waals surface area contributed by atoms with Crippen LogP contribution in [0, 0.1) is 11.8 Å². The molecule has 1 N–H and O–H groups in total. The quantitative estimate of drug-likeness (QED) is 0.382. The van der Waals surface area contributed by atoms with E-state index >= 15 is 0 Å². The van der Waals surface area contributed by atoms with E-state index in [2.05, 4.69) is 12.2 Å². The minimum Gasteiger partial charge on any atom is -0.481 e. The second-order valence-corrected chi connectivity index (χ2v) is 6.25. The van der Waals surface area contributed by atoms with Crippen molar-refractivity contribution in [3.8, 4) is 0 Å². The van der Waals surface area contributed by atoms with E-state index in [1.807, 2.05) is 0 Å². The fourth-order valence-corrected chi connectivity index (χ4v) is 3.78. The van der Waals surface area contributed by atoms with E-state index in [1.54, 1.807) is 14.2 Å². The Balaban J connectivity index is 1.80. The maximum absolute atomic E-state index is 10.5. The van der Waals surface area contributed by atoms with Crippen LogP contribution in [-0.4, -0.2) is 43.8 Å². The molecular weight excluding hydrogens is 284 g/mol. The number of carboxylic acid groups (broad SMARTS) is 1. The van der Waals surface area contributed by atoms with Crippen LogP contribution in [0.15, 0.2) is 12.2 Å². The molecule has 4 atom stereocenters. The minimum absolute atomic E-state index is 0.157. The Morgan fingerprint density at radius 3 is 2.55 bits per heavy atom. The molecular formula is C17H28O5. The van der Waals surface area contributed by atoms with Gasteiger partial charge in [-0.3, -0.25) is 4.79 Å². The summed E-state index contributed by atoms with van der Waals surface area (Å²) in [5.74, 6) is 0.301. The Morgan fingerprint density at radius 2 is 1.91 bits per heavy atom. The molecule has 5 heteroatoms. The molecule has 2 aliphatic heterocycles. The Kier molecular flexibility index (Phi) is 6.86. The standard InChI is InChI=1S/C17H28O5/c1-20-17(21-2)11-13-12(14-9-10-15(13)22-14)7-5-3-4-6-8-16(18)19/h3,5,12-15,17H,4,6-11H2,1-2H3,(H,18,19)/b5-3-/t12-,13+,14-,15+/m0/s1. The van der Waals surface area contributed by atoms with Gasteiger partial charge in [0.1, 0.15) is 0 Å². The van der Waals surface area contributed by atoms with Gasteiger partial charge in [0.25, 0.3) is 0 Å². The molecule has 2 rings (SSSR count). The van der Waals surface area contributed by atoms with Gasteiger partial charge < -0.3 is 19.3 Å². The second-order valence-electron chi connectivity index (χ2n) is 6.25. The topological polar surface area (TPSA) is 65.0 Å². The van der Waals surface area contributed by atoms with Crippen LogP contribution in [0.4, 0.5) is 0 Å². The van der Waals surface area contributed by atoms with E-state index in [0.717, 1.165) is 32.1 Å². The third-order valence-electron chi connectivity index (χ3n) is 4.92. The van der Waals surface area contributed by atoms with Crippen molar-refractivity contribution in [3.05, 3.63) is 12.2 Å². The number of hydrogen-bond donors (Lipinski definition) is 1. The Labute approximate surface area is 132 Å². The monoisotopic (exact) mass is 312 g/mol. The van der Waals surface area contributed by atoms with Crippen LogP contribution in [0.25, 0.3) is 0 Å². The molecule has 0 amide bonds. The molecule has 0 aromatic rings. The van der Waals surface area contributed by atoms with E-state index in [4.69, 9.17) is 19.3 Å². The molecule has 0 saturated carbocycles. The number of ether oxygens (including phenoxy) is 3. The van der Waals surface area contributed by atoms with Gasteiger partial charge >= 0.3 is 5.97 Å². The average molecular weight is 312 g/mol. The number of methoxy groups -OCH3 is 2. The third-order valence-corrected chi connectivity index (χ3v) is 4.92. The van der Waals surface area contributed by atoms with Crippen molar-refractivity contribution in [1.82, 2.24) is 0 Å². The predicted molar refractivity (Wildman–Crippen MR) is 82.5 cm³/mol. The maximum Gasteiger partial charge on any atom is 0.303 e. The SMILES string of the molecule is COC(C[C@@H]1[C@H](C/C=C\CCCC(=O)O)[C@@H]2CC[C@H]1O2)OC. The van der Waals surface area contributed by atoms with Gasteiger partial charge in [-0.2, -0.15) is 0 Å². The van der Waals surface area contributed by atoms with Crippen LogP contribution in [0.3, 0.4) is 0 Å². The summed E-state index contributed by atoms with van der Waals surface area (Å²) in [6, 6.07) is 0. The number of carboxylic acids is 1. The molecule has 2 fully saturated rings. The fourth-order valence-electron chi connectivity index (χ4n) is 3.78. The van der Waals surface area contributed by atoms with Gasteiger partial charge in [0, 0.05) is 27.1 Å². The van der Waals surface area contributed by atoms with Gasteiger partial charge in [-0.25, -0.2) is 0 Å². The van der Waals surface area contributed by atoms with Crippen LogP contribution >= 0.6 is 0 Å². The summed E-state index contributed by atoms with van der Waals surface area (Å²) < 4.78 is 16.8. The molecule has 0 aromatic heterocycles. The number of aliphatic carboxylic acids is 1. The lowest BCUT2D eigenvalue weighted by molar-refractivity contribution is -0.137.